The number of urea groups is 1. The Labute approximate surface area is 186 Å². The average Bonchev–Trinajstić information content (AvgIpc) is 3.25. The second-order valence-corrected chi connectivity index (χ2v) is 9.80. The molecule has 5 rings (SSSR count). The lowest BCUT2D eigenvalue weighted by molar-refractivity contribution is 0.0436. The van der Waals surface area contributed by atoms with Crippen molar-refractivity contribution in [2.75, 3.05) is 59.6 Å². The molecule has 31 heavy (non-hydrogen) atoms. The zero-order chi connectivity index (χ0) is 21.4. The highest BCUT2D eigenvalue weighted by atomic mass is 16.5. The van der Waals surface area contributed by atoms with Crippen molar-refractivity contribution < 1.29 is 14.3 Å². The van der Waals surface area contributed by atoms with Crippen LogP contribution in [0.15, 0.2) is 18.2 Å². The van der Waals surface area contributed by atoms with Crippen LogP contribution in [0.3, 0.4) is 0 Å². The van der Waals surface area contributed by atoms with Crippen molar-refractivity contribution in [3.63, 3.8) is 0 Å². The maximum atomic E-state index is 12.8. The zero-order valence-electron chi connectivity index (χ0n) is 19.1. The van der Waals surface area contributed by atoms with E-state index in [1.165, 1.54) is 43.5 Å². The smallest absolute Gasteiger partial charge is 0.320 e. The van der Waals surface area contributed by atoms with Gasteiger partial charge < -0.3 is 19.3 Å². The van der Waals surface area contributed by atoms with Crippen LogP contribution in [0, 0.1) is 17.8 Å². The molecular formula is C25H37N3O3. The number of benzene rings is 1. The third-order valence-corrected chi connectivity index (χ3v) is 8.01. The fourth-order valence-electron chi connectivity index (χ4n) is 6.16. The molecule has 0 N–H and O–H groups in total. The van der Waals surface area contributed by atoms with Gasteiger partial charge in [-0.25, -0.2) is 4.79 Å². The van der Waals surface area contributed by atoms with Gasteiger partial charge in [0.15, 0.2) is 0 Å². The first-order valence-corrected chi connectivity index (χ1v) is 12.2. The lowest BCUT2D eigenvalue weighted by Crippen LogP contribution is -2.48. The van der Waals surface area contributed by atoms with E-state index in [-0.39, 0.29) is 6.03 Å². The summed E-state index contributed by atoms with van der Waals surface area (Å²) in [5.74, 6) is 3.16. The number of methoxy groups -OCH3 is 1. The number of hydrogen-bond donors (Lipinski definition) is 0. The first kappa shape index (κ1) is 21.1. The molecule has 1 aromatic carbocycles. The Balaban J connectivity index is 1.17. The lowest BCUT2D eigenvalue weighted by Gasteiger charge is -2.36. The van der Waals surface area contributed by atoms with Crippen LogP contribution < -0.4 is 4.74 Å². The summed E-state index contributed by atoms with van der Waals surface area (Å²) in [5.41, 5.74) is 2.96. The number of likely N-dealkylation sites (tertiary alicyclic amines) is 1. The molecule has 2 saturated heterocycles. The minimum absolute atomic E-state index is 0.234. The van der Waals surface area contributed by atoms with Crippen molar-refractivity contribution in [2.45, 2.75) is 38.6 Å². The summed E-state index contributed by atoms with van der Waals surface area (Å²) in [6.07, 6.45) is 4.76. The standard InChI is InChI=1S/C25H37N3O3/c1-3-8-27(20-6-4-18-5-7-21(30-2)14-19(18)13-20)15-22-23-16-28(17-24(22)23)25(29)26-9-11-31-12-10-26/h5,7,14,20,22-24H,3-4,6,8-13,15-17H2,1-2H3/t20?,22?,23-,24?/m1/s1. The van der Waals surface area contributed by atoms with Crippen molar-refractivity contribution in [3.05, 3.63) is 29.3 Å². The van der Waals surface area contributed by atoms with Gasteiger partial charge in [-0.15, -0.1) is 0 Å². The number of ether oxygens (including phenoxy) is 2. The minimum Gasteiger partial charge on any atom is -0.497 e. The number of nitrogens with zero attached hydrogens (tertiary/aromatic N) is 3. The van der Waals surface area contributed by atoms with Gasteiger partial charge in [-0.2, -0.15) is 0 Å². The molecule has 6 heteroatoms. The minimum atomic E-state index is 0.234. The highest BCUT2D eigenvalue weighted by Crippen LogP contribution is 2.52. The SMILES string of the molecule is CCCN(CC1C2CN(C(=O)N3CCOCC3)C[C@@H]21)C1CCc2ccc(OC)cc2C1. The molecule has 4 atom stereocenters. The summed E-state index contributed by atoms with van der Waals surface area (Å²) in [5, 5.41) is 0. The molecule has 0 bridgehead atoms. The molecule has 6 nitrogen and oxygen atoms in total. The van der Waals surface area contributed by atoms with Gasteiger partial charge in [-0.3, -0.25) is 4.90 Å². The first-order chi connectivity index (χ1) is 15.2. The maximum absolute atomic E-state index is 12.8. The fraction of sp³-hybridized carbons (Fsp3) is 0.720. The Morgan fingerprint density at radius 1 is 1.16 bits per heavy atom. The van der Waals surface area contributed by atoms with Gasteiger partial charge in [0.25, 0.3) is 0 Å². The number of rotatable bonds is 6. The van der Waals surface area contributed by atoms with E-state index in [1.807, 2.05) is 4.90 Å². The summed E-state index contributed by atoms with van der Waals surface area (Å²) < 4.78 is 10.9. The molecule has 0 aromatic heterocycles. The van der Waals surface area contributed by atoms with E-state index in [4.69, 9.17) is 9.47 Å². The monoisotopic (exact) mass is 427 g/mol. The van der Waals surface area contributed by atoms with Crippen molar-refractivity contribution in [1.82, 2.24) is 14.7 Å². The van der Waals surface area contributed by atoms with Gasteiger partial charge in [0, 0.05) is 38.8 Å². The molecular weight excluding hydrogens is 390 g/mol. The number of fused-ring (bicyclic) bond motifs is 2. The molecule has 4 aliphatic rings. The van der Waals surface area contributed by atoms with Crippen molar-refractivity contribution in [3.8, 4) is 5.75 Å². The Morgan fingerprint density at radius 2 is 1.94 bits per heavy atom. The summed E-state index contributed by atoms with van der Waals surface area (Å²) in [6.45, 7) is 9.42. The van der Waals surface area contributed by atoms with E-state index < -0.39 is 0 Å². The highest BCUT2D eigenvalue weighted by molar-refractivity contribution is 5.75. The largest absolute Gasteiger partial charge is 0.497 e. The van der Waals surface area contributed by atoms with Gasteiger partial charge >= 0.3 is 6.03 Å². The van der Waals surface area contributed by atoms with E-state index in [0.717, 1.165) is 44.3 Å². The third-order valence-electron chi connectivity index (χ3n) is 8.01. The van der Waals surface area contributed by atoms with E-state index in [2.05, 4.69) is 34.9 Å². The molecule has 3 unspecified atom stereocenters. The normalized spacial score (nSPS) is 29.6. The maximum Gasteiger partial charge on any atom is 0.320 e. The number of piperidine rings is 1. The topological polar surface area (TPSA) is 45.2 Å². The molecule has 1 saturated carbocycles. The van der Waals surface area contributed by atoms with Crippen LogP contribution in [-0.4, -0.2) is 86.4 Å². The number of aryl methyl sites for hydroxylation is 1. The zero-order valence-corrected chi connectivity index (χ0v) is 19.1. The predicted octanol–water partition coefficient (Wildman–Crippen LogP) is 2.89. The number of morpholine rings is 1. The molecule has 1 aromatic rings. The molecule has 2 amide bonds. The van der Waals surface area contributed by atoms with Crippen molar-refractivity contribution in [1.29, 1.82) is 0 Å². The number of carbonyl (C=O) groups excluding carboxylic acids is 1. The van der Waals surface area contributed by atoms with Gasteiger partial charge in [0.2, 0.25) is 0 Å². The molecule has 170 valence electrons. The molecule has 2 aliphatic carbocycles. The Kier molecular flexibility index (Phi) is 6.11. The van der Waals surface area contributed by atoms with Crippen LogP contribution in [0.1, 0.15) is 30.9 Å². The van der Waals surface area contributed by atoms with Crippen LogP contribution in [0.2, 0.25) is 0 Å². The molecule has 0 radical (unpaired) electrons. The van der Waals surface area contributed by atoms with Gasteiger partial charge in [0.1, 0.15) is 5.75 Å². The average molecular weight is 428 g/mol. The summed E-state index contributed by atoms with van der Waals surface area (Å²) >= 11 is 0. The van der Waals surface area contributed by atoms with Crippen LogP contribution in [-0.2, 0) is 17.6 Å². The summed E-state index contributed by atoms with van der Waals surface area (Å²) in [7, 11) is 1.75. The number of hydrogen-bond acceptors (Lipinski definition) is 4. The van der Waals surface area contributed by atoms with Crippen LogP contribution >= 0.6 is 0 Å². The summed E-state index contributed by atoms with van der Waals surface area (Å²) in [4.78, 5) is 19.6. The van der Waals surface area contributed by atoms with Gasteiger partial charge in [-0.05, 0) is 73.2 Å². The fourth-order valence-corrected chi connectivity index (χ4v) is 6.16. The Morgan fingerprint density at radius 3 is 2.65 bits per heavy atom. The Bertz CT molecular complexity index is 782. The van der Waals surface area contributed by atoms with Crippen molar-refractivity contribution in [2.24, 2.45) is 17.8 Å². The van der Waals surface area contributed by atoms with E-state index in [0.29, 0.717) is 31.1 Å². The van der Waals surface area contributed by atoms with Gasteiger partial charge in [0.05, 0.1) is 20.3 Å². The van der Waals surface area contributed by atoms with E-state index in [9.17, 15) is 4.79 Å². The van der Waals surface area contributed by atoms with Gasteiger partial charge in [-0.1, -0.05) is 13.0 Å². The van der Waals surface area contributed by atoms with E-state index >= 15 is 0 Å². The third kappa shape index (κ3) is 4.29. The van der Waals surface area contributed by atoms with Crippen LogP contribution in [0.4, 0.5) is 4.79 Å². The molecule has 3 fully saturated rings. The number of amides is 2. The lowest BCUT2D eigenvalue weighted by atomic mass is 9.87. The van der Waals surface area contributed by atoms with Crippen molar-refractivity contribution >= 4 is 6.03 Å². The predicted molar refractivity (Wildman–Crippen MR) is 121 cm³/mol. The van der Waals surface area contributed by atoms with Crippen LogP contribution in [0.5, 0.6) is 5.75 Å². The molecule has 2 heterocycles. The summed E-state index contributed by atoms with van der Waals surface area (Å²) in [6, 6.07) is 7.45. The number of carbonyl (C=O) groups is 1. The Hall–Kier alpha value is -1.79. The second kappa shape index (κ2) is 8.99. The molecule has 0 spiro atoms. The van der Waals surface area contributed by atoms with E-state index in [1.54, 1.807) is 7.11 Å². The second-order valence-electron chi connectivity index (χ2n) is 9.80. The van der Waals surface area contributed by atoms with Crippen LogP contribution in [0.25, 0.3) is 0 Å². The quantitative estimate of drug-likeness (QED) is 0.700. The molecule has 2 aliphatic heterocycles. The first-order valence-electron chi connectivity index (χ1n) is 12.2. The highest BCUT2D eigenvalue weighted by Gasteiger charge is 2.57.